The lowest BCUT2D eigenvalue weighted by atomic mass is 10.2. The molecule has 2 aromatic rings. The van der Waals surface area contributed by atoms with Gasteiger partial charge in [0.1, 0.15) is 5.82 Å². The van der Waals surface area contributed by atoms with E-state index < -0.39 is 0 Å². The van der Waals surface area contributed by atoms with E-state index in [9.17, 15) is 0 Å². The molecular weight excluding hydrogens is 260 g/mol. The molecule has 0 aliphatic carbocycles. The van der Waals surface area contributed by atoms with Crippen LogP contribution in [0.25, 0.3) is 11.0 Å². The molecule has 104 valence electrons. The molecule has 1 aromatic carbocycles. The van der Waals surface area contributed by atoms with E-state index in [-0.39, 0.29) is 11.4 Å². The minimum Gasteiger partial charge on any atom is -0.383 e. The van der Waals surface area contributed by atoms with Crippen LogP contribution in [0.2, 0.25) is 0 Å². The van der Waals surface area contributed by atoms with Gasteiger partial charge in [-0.3, -0.25) is 0 Å². The first-order chi connectivity index (χ1) is 9.08. The first-order valence-corrected chi connectivity index (χ1v) is 7.13. The van der Waals surface area contributed by atoms with Crippen LogP contribution in [0.1, 0.15) is 43.1 Å². The number of methoxy groups -OCH3 is 1. The van der Waals surface area contributed by atoms with E-state index in [0.29, 0.717) is 6.61 Å². The molecule has 2 atom stereocenters. The predicted octanol–water partition coefficient (Wildman–Crippen LogP) is 4.24. The van der Waals surface area contributed by atoms with Crippen LogP contribution in [0.15, 0.2) is 18.2 Å². The van der Waals surface area contributed by atoms with E-state index in [0.717, 1.165) is 23.3 Å². The Morgan fingerprint density at radius 3 is 2.74 bits per heavy atom. The van der Waals surface area contributed by atoms with Gasteiger partial charge in [-0.05, 0) is 38.0 Å². The predicted molar refractivity (Wildman–Crippen MR) is 79.9 cm³/mol. The van der Waals surface area contributed by atoms with Gasteiger partial charge in [-0.2, -0.15) is 0 Å². The molecule has 2 rings (SSSR count). The van der Waals surface area contributed by atoms with E-state index >= 15 is 0 Å². The molecule has 0 spiro atoms. The van der Waals surface area contributed by atoms with Gasteiger partial charge in [0.15, 0.2) is 0 Å². The van der Waals surface area contributed by atoms with Gasteiger partial charge >= 0.3 is 0 Å². The highest BCUT2D eigenvalue weighted by Crippen LogP contribution is 2.30. The smallest absolute Gasteiger partial charge is 0.128 e. The van der Waals surface area contributed by atoms with E-state index in [4.69, 9.17) is 16.3 Å². The van der Waals surface area contributed by atoms with Crippen LogP contribution in [0.3, 0.4) is 0 Å². The zero-order chi connectivity index (χ0) is 14.0. The van der Waals surface area contributed by atoms with Gasteiger partial charge in [-0.15, -0.1) is 11.6 Å². The van der Waals surface area contributed by atoms with Gasteiger partial charge in [-0.1, -0.05) is 13.0 Å². The highest BCUT2D eigenvalue weighted by atomic mass is 35.5. The molecule has 19 heavy (non-hydrogen) atoms. The van der Waals surface area contributed by atoms with Gasteiger partial charge in [0, 0.05) is 7.11 Å². The maximum absolute atomic E-state index is 6.30. The van der Waals surface area contributed by atoms with Crippen molar-refractivity contribution in [1.82, 2.24) is 9.55 Å². The summed E-state index contributed by atoms with van der Waals surface area (Å²) in [6.07, 6.45) is 0.990. The summed E-state index contributed by atoms with van der Waals surface area (Å²) in [5, 5.41) is -0.112. The zero-order valence-corrected chi connectivity index (χ0v) is 12.7. The molecule has 0 saturated carbocycles. The van der Waals surface area contributed by atoms with Crippen molar-refractivity contribution in [3.8, 4) is 0 Å². The highest BCUT2D eigenvalue weighted by Gasteiger charge is 2.20. The third-order valence-electron chi connectivity index (χ3n) is 3.42. The SMILES string of the molecule is CCC(COC)n1c(C(C)Cl)nc2ccc(C)cc21. The molecule has 3 nitrogen and oxygen atoms in total. The van der Waals surface area contributed by atoms with Crippen molar-refractivity contribution in [2.24, 2.45) is 0 Å². The number of fused-ring (bicyclic) bond motifs is 1. The lowest BCUT2D eigenvalue weighted by Gasteiger charge is -2.20. The molecule has 4 heteroatoms. The molecule has 0 saturated heterocycles. The number of halogens is 1. The summed E-state index contributed by atoms with van der Waals surface area (Å²) in [7, 11) is 1.73. The number of rotatable bonds is 5. The first kappa shape index (κ1) is 14.4. The Morgan fingerprint density at radius 1 is 1.42 bits per heavy atom. The van der Waals surface area contributed by atoms with Gasteiger partial charge < -0.3 is 9.30 Å². The third-order valence-corrected chi connectivity index (χ3v) is 3.62. The Labute approximate surface area is 119 Å². The second-order valence-electron chi connectivity index (χ2n) is 4.97. The minimum atomic E-state index is -0.112. The van der Waals surface area contributed by atoms with E-state index in [2.05, 4.69) is 41.6 Å². The van der Waals surface area contributed by atoms with Crippen molar-refractivity contribution in [2.45, 2.75) is 38.6 Å². The van der Waals surface area contributed by atoms with E-state index in [1.165, 1.54) is 5.56 Å². The molecule has 1 heterocycles. The number of aryl methyl sites for hydroxylation is 1. The van der Waals surface area contributed by atoms with Crippen LogP contribution in [0.4, 0.5) is 0 Å². The second kappa shape index (κ2) is 5.93. The largest absolute Gasteiger partial charge is 0.383 e. The fraction of sp³-hybridized carbons (Fsp3) is 0.533. The van der Waals surface area contributed by atoms with Crippen LogP contribution in [-0.2, 0) is 4.74 Å². The molecule has 0 aliphatic heterocycles. The van der Waals surface area contributed by atoms with Gasteiger partial charge in [0.25, 0.3) is 0 Å². The summed E-state index contributed by atoms with van der Waals surface area (Å²) >= 11 is 6.30. The Hall–Kier alpha value is -1.06. The number of hydrogen-bond acceptors (Lipinski definition) is 2. The lowest BCUT2D eigenvalue weighted by Crippen LogP contribution is -2.17. The molecule has 0 bridgehead atoms. The van der Waals surface area contributed by atoms with Crippen molar-refractivity contribution >= 4 is 22.6 Å². The van der Waals surface area contributed by atoms with Crippen molar-refractivity contribution in [3.05, 3.63) is 29.6 Å². The van der Waals surface area contributed by atoms with Crippen molar-refractivity contribution in [2.75, 3.05) is 13.7 Å². The maximum Gasteiger partial charge on any atom is 0.128 e. The number of imidazole rings is 1. The molecule has 2 unspecified atom stereocenters. The number of nitrogens with zero attached hydrogens (tertiary/aromatic N) is 2. The average Bonchev–Trinajstić information content (AvgIpc) is 2.74. The first-order valence-electron chi connectivity index (χ1n) is 6.70. The number of benzene rings is 1. The minimum absolute atomic E-state index is 0.112. The third kappa shape index (κ3) is 2.77. The molecule has 1 aromatic heterocycles. The topological polar surface area (TPSA) is 27.1 Å². The van der Waals surface area contributed by atoms with E-state index in [1.54, 1.807) is 7.11 Å². The number of hydrogen-bond donors (Lipinski definition) is 0. The normalized spacial score (nSPS) is 14.8. The zero-order valence-electron chi connectivity index (χ0n) is 12.0. The highest BCUT2D eigenvalue weighted by molar-refractivity contribution is 6.20. The van der Waals surface area contributed by atoms with Crippen molar-refractivity contribution in [3.63, 3.8) is 0 Å². The van der Waals surface area contributed by atoms with Gasteiger partial charge in [-0.25, -0.2) is 4.98 Å². The molecule has 0 radical (unpaired) electrons. The van der Waals surface area contributed by atoms with Crippen molar-refractivity contribution < 1.29 is 4.74 Å². The fourth-order valence-corrected chi connectivity index (χ4v) is 2.61. The Kier molecular flexibility index (Phi) is 4.48. The standard InChI is InChI=1S/C15H21ClN2O/c1-5-12(9-19-4)18-14-8-10(2)6-7-13(14)17-15(18)11(3)16/h6-8,11-12H,5,9H2,1-4H3. The van der Waals surface area contributed by atoms with Gasteiger partial charge in [0.2, 0.25) is 0 Å². The van der Waals surface area contributed by atoms with Gasteiger partial charge in [0.05, 0.1) is 29.1 Å². The fourth-order valence-electron chi connectivity index (χ4n) is 2.45. The lowest BCUT2D eigenvalue weighted by molar-refractivity contribution is 0.153. The van der Waals surface area contributed by atoms with E-state index in [1.807, 2.05) is 6.92 Å². The number of ether oxygens (including phenoxy) is 1. The Balaban J connectivity index is 2.65. The molecule has 0 N–H and O–H groups in total. The molecule has 0 fully saturated rings. The summed E-state index contributed by atoms with van der Waals surface area (Å²) in [5.41, 5.74) is 3.38. The number of alkyl halides is 1. The second-order valence-corrected chi connectivity index (χ2v) is 5.62. The Morgan fingerprint density at radius 2 is 2.16 bits per heavy atom. The van der Waals surface area contributed by atoms with Crippen LogP contribution in [0.5, 0.6) is 0 Å². The van der Waals surface area contributed by atoms with Crippen molar-refractivity contribution in [1.29, 1.82) is 0 Å². The van der Waals surface area contributed by atoms with Crippen LogP contribution < -0.4 is 0 Å². The number of aromatic nitrogens is 2. The monoisotopic (exact) mass is 280 g/mol. The molecule has 0 aliphatic rings. The quantitative estimate of drug-likeness (QED) is 0.766. The summed E-state index contributed by atoms with van der Waals surface area (Å²) < 4.78 is 7.58. The molecular formula is C15H21ClN2O. The summed E-state index contributed by atoms with van der Waals surface area (Å²) in [6, 6.07) is 6.58. The van der Waals surface area contributed by atoms with Crippen LogP contribution in [-0.4, -0.2) is 23.3 Å². The summed E-state index contributed by atoms with van der Waals surface area (Å²) in [4.78, 5) is 4.68. The average molecular weight is 281 g/mol. The summed E-state index contributed by atoms with van der Waals surface area (Å²) in [5.74, 6) is 0.922. The Bertz CT molecular complexity index is 563. The molecule has 0 amide bonds. The summed E-state index contributed by atoms with van der Waals surface area (Å²) in [6.45, 7) is 6.89. The maximum atomic E-state index is 6.30. The van der Waals surface area contributed by atoms with Crippen LogP contribution in [0, 0.1) is 6.92 Å². The van der Waals surface area contributed by atoms with Crippen LogP contribution >= 0.6 is 11.6 Å².